The Bertz CT molecular complexity index is 382. The quantitative estimate of drug-likeness (QED) is 0.619. The monoisotopic (exact) mass is 249 g/mol. The molecule has 1 saturated carbocycles. The van der Waals surface area contributed by atoms with Gasteiger partial charge >= 0.3 is 0 Å². The van der Waals surface area contributed by atoms with Gasteiger partial charge in [0.1, 0.15) is 5.82 Å². The van der Waals surface area contributed by atoms with E-state index in [1.54, 1.807) is 12.1 Å². The number of Topliss-reactive ketones (excluding diaryl/α,β-unsaturated/α-hetero) is 1. The maximum absolute atomic E-state index is 12.7. The number of hydrogen-bond acceptors (Lipinski definition) is 2. The Morgan fingerprint density at radius 3 is 2.56 bits per heavy atom. The number of benzene rings is 1. The minimum absolute atomic E-state index is 0.100. The summed E-state index contributed by atoms with van der Waals surface area (Å²) in [6.45, 7) is 0.900. The first-order valence-corrected chi connectivity index (χ1v) is 6.78. The normalized spacial score (nSPS) is 16.1. The molecule has 0 aromatic heterocycles. The smallest absolute Gasteiger partial charge is 0.162 e. The average molecular weight is 249 g/mol. The molecule has 0 aliphatic heterocycles. The lowest BCUT2D eigenvalue weighted by Gasteiger charge is -2.10. The maximum atomic E-state index is 12.7. The van der Waals surface area contributed by atoms with Gasteiger partial charge in [-0.1, -0.05) is 12.8 Å². The molecule has 0 bridgehead atoms. The summed E-state index contributed by atoms with van der Waals surface area (Å²) >= 11 is 0. The van der Waals surface area contributed by atoms with Crippen molar-refractivity contribution in [1.82, 2.24) is 5.32 Å². The van der Waals surface area contributed by atoms with Crippen LogP contribution in [-0.2, 0) is 0 Å². The summed E-state index contributed by atoms with van der Waals surface area (Å²) in [5, 5.41) is 3.49. The molecule has 1 aromatic rings. The van der Waals surface area contributed by atoms with E-state index >= 15 is 0 Å². The second-order valence-electron chi connectivity index (χ2n) is 4.97. The van der Waals surface area contributed by atoms with Crippen molar-refractivity contribution in [1.29, 1.82) is 0 Å². The van der Waals surface area contributed by atoms with E-state index < -0.39 is 0 Å². The van der Waals surface area contributed by atoms with Crippen LogP contribution in [0.25, 0.3) is 0 Å². The lowest BCUT2D eigenvalue weighted by molar-refractivity contribution is 0.0979. The fraction of sp³-hybridized carbons (Fsp3) is 0.533. The summed E-state index contributed by atoms with van der Waals surface area (Å²) in [5.41, 5.74) is 0.609. The van der Waals surface area contributed by atoms with Gasteiger partial charge in [-0.05, 0) is 50.1 Å². The van der Waals surface area contributed by atoms with Crippen LogP contribution in [0.1, 0.15) is 48.9 Å². The number of carbonyl (C=O) groups excluding carboxylic acids is 1. The zero-order valence-corrected chi connectivity index (χ0v) is 10.6. The van der Waals surface area contributed by atoms with Crippen molar-refractivity contribution in [2.24, 2.45) is 0 Å². The van der Waals surface area contributed by atoms with E-state index in [4.69, 9.17) is 0 Å². The van der Waals surface area contributed by atoms with Crippen LogP contribution in [0.5, 0.6) is 0 Å². The summed E-state index contributed by atoms with van der Waals surface area (Å²) in [6.07, 6.45) is 6.58. The molecule has 1 N–H and O–H groups in total. The summed E-state index contributed by atoms with van der Waals surface area (Å²) in [6, 6.07) is 6.45. The summed E-state index contributed by atoms with van der Waals surface area (Å²) in [7, 11) is 0. The third-order valence-electron chi connectivity index (χ3n) is 3.53. The highest BCUT2D eigenvalue weighted by Gasteiger charge is 2.13. The molecule has 0 radical (unpaired) electrons. The van der Waals surface area contributed by atoms with Gasteiger partial charge in [0.25, 0.3) is 0 Å². The number of halogens is 1. The summed E-state index contributed by atoms with van der Waals surface area (Å²) < 4.78 is 12.7. The van der Waals surface area contributed by atoms with E-state index in [2.05, 4.69) is 5.32 Å². The minimum Gasteiger partial charge on any atom is -0.314 e. The van der Waals surface area contributed by atoms with Gasteiger partial charge in [-0.25, -0.2) is 4.39 Å². The van der Waals surface area contributed by atoms with Crippen LogP contribution in [-0.4, -0.2) is 18.4 Å². The predicted octanol–water partition coefficient (Wildman–Crippen LogP) is 3.32. The van der Waals surface area contributed by atoms with Gasteiger partial charge in [0.2, 0.25) is 0 Å². The SMILES string of the molecule is O=C(CCCNC1CCCC1)c1ccc(F)cc1. The van der Waals surface area contributed by atoms with Crippen molar-refractivity contribution in [2.45, 2.75) is 44.6 Å². The Morgan fingerprint density at radius 2 is 1.89 bits per heavy atom. The average Bonchev–Trinajstić information content (AvgIpc) is 2.88. The van der Waals surface area contributed by atoms with E-state index in [9.17, 15) is 9.18 Å². The van der Waals surface area contributed by atoms with Crippen molar-refractivity contribution in [3.63, 3.8) is 0 Å². The van der Waals surface area contributed by atoms with Gasteiger partial charge in [-0.3, -0.25) is 4.79 Å². The molecule has 0 heterocycles. The van der Waals surface area contributed by atoms with Crippen LogP contribution in [0.3, 0.4) is 0 Å². The second kappa shape index (κ2) is 6.64. The Hall–Kier alpha value is -1.22. The third-order valence-corrected chi connectivity index (χ3v) is 3.53. The molecule has 1 aliphatic carbocycles. The number of nitrogens with one attached hydrogen (secondary N) is 1. The molecule has 1 aromatic carbocycles. The molecule has 3 heteroatoms. The van der Waals surface area contributed by atoms with Crippen LogP contribution in [0.15, 0.2) is 24.3 Å². The number of rotatable bonds is 6. The van der Waals surface area contributed by atoms with Crippen LogP contribution < -0.4 is 5.32 Å². The number of ketones is 1. The predicted molar refractivity (Wildman–Crippen MR) is 70.2 cm³/mol. The molecule has 0 spiro atoms. The minimum atomic E-state index is -0.297. The molecule has 0 atom stereocenters. The molecule has 1 aliphatic rings. The Balaban J connectivity index is 1.66. The van der Waals surface area contributed by atoms with Gasteiger partial charge in [0.05, 0.1) is 0 Å². The van der Waals surface area contributed by atoms with E-state index in [-0.39, 0.29) is 11.6 Å². The zero-order valence-electron chi connectivity index (χ0n) is 10.6. The fourth-order valence-corrected chi connectivity index (χ4v) is 2.47. The van der Waals surface area contributed by atoms with Crippen molar-refractivity contribution >= 4 is 5.78 Å². The van der Waals surface area contributed by atoms with Crippen molar-refractivity contribution in [2.75, 3.05) is 6.54 Å². The third kappa shape index (κ3) is 3.91. The molecule has 18 heavy (non-hydrogen) atoms. The lowest BCUT2D eigenvalue weighted by Crippen LogP contribution is -2.27. The van der Waals surface area contributed by atoms with Crippen LogP contribution in [0, 0.1) is 5.82 Å². The van der Waals surface area contributed by atoms with Crippen molar-refractivity contribution in [3.8, 4) is 0 Å². The number of hydrogen-bond donors (Lipinski definition) is 1. The first-order valence-electron chi connectivity index (χ1n) is 6.78. The van der Waals surface area contributed by atoms with Gasteiger partial charge in [-0.2, -0.15) is 0 Å². The highest BCUT2D eigenvalue weighted by Crippen LogP contribution is 2.17. The second-order valence-corrected chi connectivity index (χ2v) is 4.97. The van der Waals surface area contributed by atoms with E-state index in [1.807, 2.05) is 0 Å². The first kappa shape index (κ1) is 13.2. The fourth-order valence-electron chi connectivity index (χ4n) is 2.47. The van der Waals surface area contributed by atoms with Crippen molar-refractivity contribution < 1.29 is 9.18 Å². The van der Waals surface area contributed by atoms with Gasteiger partial charge in [0, 0.05) is 18.0 Å². The Kier molecular flexibility index (Phi) is 4.88. The largest absolute Gasteiger partial charge is 0.314 e. The van der Waals surface area contributed by atoms with Gasteiger partial charge in [-0.15, -0.1) is 0 Å². The summed E-state index contributed by atoms with van der Waals surface area (Å²) in [5.74, 6) is -0.197. The highest BCUT2D eigenvalue weighted by atomic mass is 19.1. The standard InChI is InChI=1S/C15H20FNO/c16-13-9-7-12(8-10-13)15(18)6-3-11-17-14-4-1-2-5-14/h7-10,14,17H,1-6,11H2. The summed E-state index contributed by atoms with van der Waals surface area (Å²) in [4.78, 5) is 11.8. The number of carbonyl (C=O) groups is 1. The molecule has 98 valence electrons. The molecular formula is C15H20FNO. The molecule has 0 saturated heterocycles. The molecule has 0 unspecified atom stereocenters. The van der Waals surface area contributed by atoms with E-state index in [0.29, 0.717) is 18.0 Å². The maximum Gasteiger partial charge on any atom is 0.162 e. The van der Waals surface area contributed by atoms with Crippen LogP contribution in [0.2, 0.25) is 0 Å². The Morgan fingerprint density at radius 1 is 1.22 bits per heavy atom. The molecule has 1 fully saturated rings. The zero-order chi connectivity index (χ0) is 12.8. The lowest BCUT2D eigenvalue weighted by atomic mass is 10.1. The Labute approximate surface area is 108 Å². The molecular weight excluding hydrogens is 229 g/mol. The van der Waals surface area contributed by atoms with Gasteiger partial charge < -0.3 is 5.32 Å². The van der Waals surface area contributed by atoms with E-state index in [0.717, 1.165) is 13.0 Å². The van der Waals surface area contributed by atoms with E-state index in [1.165, 1.54) is 37.8 Å². The van der Waals surface area contributed by atoms with Crippen LogP contribution in [0.4, 0.5) is 4.39 Å². The van der Waals surface area contributed by atoms with Gasteiger partial charge in [0.15, 0.2) is 5.78 Å². The molecule has 2 rings (SSSR count). The highest BCUT2D eigenvalue weighted by molar-refractivity contribution is 5.95. The first-order chi connectivity index (χ1) is 8.75. The molecule has 0 amide bonds. The topological polar surface area (TPSA) is 29.1 Å². The molecule has 2 nitrogen and oxygen atoms in total. The van der Waals surface area contributed by atoms with Crippen LogP contribution >= 0.6 is 0 Å². The van der Waals surface area contributed by atoms with Crippen molar-refractivity contribution in [3.05, 3.63) is 35.6 Å².